The van der Waals surface area contributed by atoms with E-state index >= 15 is 0 Å². The van der Waals surface area contributed by atoms with Gasteiger partial charge in [-0.1, -0.05) is 34.1 Å². The van der Waals surface area contributed by atoms with Crippen LogP contribution in [-0.4, -0.2) is 23.1 Å². The number of hydrogen-bond donors (Lipinski definition) is 1. The lowest BCUT2D eigenvalue weighted by atomic mass is 10.2. The second kappa shape index (κ2) is 8.21. The van der Waals surface area contributed by atoms with Crippen molar-refractivity contribution in [3.63, 3.8) is 0 Å². The molecule has 8 heteroatoms. The molecular formula is C16H14BrN3O4. The standard InChI is InChI=1S/C16H14BrN3O4/c1-11(24-15-7-3-5-13(17)9-15)16(21)19-18-10-12-4-2-6-14(8-12)20(22)23/h2-11H,1H3,(H,19,21)/b18-10-/t11-/m0/s1. The number of halogens is 1. The first-order valence-electron chi connectivity index (χ1n) is 6.95. The smallest absolute Gasteiger partial charge is 0.280 e. The van der Waals surface area contributed by atoms with E-state index in [0.717, 1.165) is 4.47 Å². The molecule has 24 heavy (non-hydrogen) atoms. The predicted octanol–water partition coefficient (Wildman–Crippen LogP) is 3.27. The number of nitro benzene ring substituents is 1. The molecule has 1 atom stereocenters. The number of carbonyl (C=O) groups is 1. The summed E-state index contributed by atoms with van der Waals surface area (Å²) in [6.07, 6.45) is 0.582. The van der Waals surface area contributed by atoms with Crippen LogP contribution in [0.25, 0.3) is 0 Å². The zero-order chi connectivity index (χ0) is 17.5. The van der Waals surface area contributed by atoms with Gasteiger partial charge in [0.05, 0.1) is 11.1 Å². The molecule has 0 aliphatic carbocycles. The minimum Gasteiger partial charge on any atom is -0.481 e. The maximum absolute atomic E-state index is 11.9. The summed E-state index contributed by atoms with van der Waals surface area (Å²) in [5, 5.41) is 14.5. The van der Waals surface area contributed by atoms with E-state index in [0.29, 0.717) is 11.3 Å². The average Bonchev–Trinajstić information content (AvgIpc) is 2.55. The molecule has 0 saturated carbocycles. The van der Waals surface area contributed by atoms with Crippen molar-refractivity contribution in [2.45, 2.75) is 13.0 Å². The second-order valence-electron chi connectivity index (χ2n) is 4.80. The van der Waals surface area contributed by atoms with Crippen molar-refractivity contribution < 1.29 is 14.5 Å². The number of nitrogens with one attached hydrogen (secondary N) is 1. The molecule has 1 N–H and O–H groups in total. The normalized spacial score (nSPS) is 11.9. The molecule has 7 nitrogen and oxygen atoms in total. The molecule has 2 rings (SSSR count). The number of amides is 1. The average molecular weight is 392 g/mol. The number of rotatable bonds is 6. The van der Waals surface area contributed by atoms with Crippen LogP contribution in [0.1, 0.15) is 12.5 Å². The van der Waals surface area contributed by atoms with Crippen LogP contribution < -0.4 is 10.2 Å². The summed E-state index contributed by atoms with van der Waals surface area (Å²) >= 11 is 3.32. The third kappa shape index (κ3) is 5.17. The van der Waals surface area contributed by atoms with Crippen LogP contribution in [-0.2, 0) is 4.79 Å². The van der Waals surface area contributed by atoms with Gasteiger partial charge in [-0.3, -0.25) is 14.9 Å². The van der Waals surface area contributed by atoms with Gasteiger partial charge in [0.25, 0.3) is 11.6 Å². The predicted molar refractivity (Wildman–Crippen MR) is 93.1 cm³/mol. The molecule has 0 bridgehead atoms. The summed E-state index contributed by atoms with van der Waals surface area (Å²) in [6, 6.07) is 13.0. The van der Waals surface area contributed by atoms with E-state index in [2.05, 4.69) is 26.5 Å². The first-order chi connectivity index (χ1) is 11.5. The van der Waals surface area contributed by atoms with Gasteiger partial charge in [-0.25, -0.2) is 5.43 Å². The Balaban J connectivity index is 1.92. The molecule has 0 aliphatic rings. The van der Waals surface area contributed by atoms with Crippen LogP contribution in [0.4, 0.5) is 5.69 Å². The van der Waals surface area contributed by atoms with Gasteiger partial charge >= 0.3 is 0 Å². The molecule has 2 aromatic rings. The number of nitro groups is 1. The van der Waals surface area contributed by atoms with Crippen molar-refractivity contribution in [1.29, 1.82) is 0 Å². The van der Waals surface area contributed by atoms with Gasteiger partial charge in [-0.2, -0.15) is 5.10 Å². The topological polar surface area (TPSA) is 93.8 Å². The summed E-state index contributed by atoms with van der Waals surface area (Å²) in [4.78, 5) is 22.1. The second-order valence-corrected chi connectivity index (χ2v) is 5.72. The van der Waals surface area contributed by atoms with Crippen molar-refractivity contribution in [2.75, 3.05) is 0 Å². The fourth-order valence-corrected chi connectivity index (χ4v) is 2.16. The lowest BCUT2D eigenvalue weighted by Gasteiger charge is -2.12. The highest BCUT2D eigenvalue weighted by atomic mass is 79.9. The number of hydrazone groups is 1. The monoisotopic (exact) mass is 391 g/mol. The molecule has 1 amide bonds. The fourth-order valence-electron chi connectivity index (χ4n) is 1.78. The zero-order valence-electron chi connectivity index (χ0n) is 12.7. The van der Waals surface area contributed by atoms with Crippen molar-refractivity contribution in [3.8, 4) is 5.75 Å². The fraction of sp³-hybridized carbons (Fsp3) is 0.125. The molecule has 0 aliphatic heterocycles. The van der Waals surface area contributed by atoms with Crippen molar-refractivity contribution in [3.05, 3.63) is 68.7 Å². The lowest BCUT2D eigenvalue weighted by molar-refractivity contribution is -0.384. The molecule has 0 aromatic heterocycles. The molecular weight excluding hydrogens is 378 g/mol. The SMILES string of the molecule is C[C@H](Oc1cccc(Br)c1)C(=O)N/N=C\c1cccc([N+](=O)[O-])c1. The summed E-state index contributed by atoms with van der Waals surface area (Å²) in [5.74, 6) is 0.117. The lowest BCUT2D eigenvalue weighted by Crippen LogP contribution is -2.33. The Kier molecular flexibility index (Phi) is 6.02. The number of nitrogens with zero attached hydrogens (tertiary/aromatic N) is 2. The number of non-ortho nitro benzene ring substituents is 1. The highest BCUT2D eigenvalue weighted by molar-refractivity contribution is 9.10. The van der Waals surface area contributed by atoms with Crippen molar-refractivity contribution >= 4 is 33.7 Å². The number of hydrogen-bond acceptors (Lipinski definition) is 5. The van der Waals surface area contributed by atoms with E-state index < -0.39 is 16.9 Å². The quantitative estimate of drug-likeness (QED) is 0.464. The number of benzene rings is 2. The maximum atomic E-state index is 11.9. The Labute approximate surface area is 146 Å². The van der Waals surface area contributed by atoms with E-state index in [9.17, 15) is 14.9 Å². The Morgan fingerprint density at radius 2 is 2.08 bits per heavy atom. The minimum absolute atomic E-state index is 0.0448. The van der Waals surface area contributed by atoms with Gasteiger partial charge in [0, 0.05) is 22.2 Å². The van der Waals surface area contributed by atoms with E-state index in [1.165, 1.54) is 18.3 Å². The minimum atomic E-state index is -0.749. The van der Waals surface area contributed by atoms with Crippen LogP contribution in [0.15, 0.2) is 58.1 Å². The molecule has 0 saturated heterocycles. The highest BCUT2D eigenvalue weighted by Crippen LogP contribution is 2.18. The van der Waals surface area contributed by atoms with Crippen molar-refractivity contribution in [1.82, 2.24) is 5.43 Å². The van der Waals surface area contributed by atoms with Gasteiger partial charge in [-0.05, 0) is 25.1 Å². The van der Waals surface area contributed by atoms with Crippen LogP contribution in [0, 0.1) is 10.1 Å². The van der Waals surface area contributed by atoms with Gasteiger partial charge in [0.15, 0.2) is 6.10 Å². The maximum Gasteiger partial charge on any atom is 0.280 e. The van der Waals surface area contributed by atoms with Gasteiger partial charge in [0.1, 0.15) is 5.75 Å². The van der Waals surface area contributed by atoms with Crippen molar-refractivity contribution in [2.24, 2.45) is 5.10 Å². The summed E-state index contributed by atoms with van der Waals surface area (Å²) < 4.78 is 6.35. The third-order valence-corrected chi connectivity index (χ3v) is 3.44. The van der Waals surface area contributed by atoms with Crippen LogP contribution in [0.3, 0.4) is 0 Å². The largest absolute Gasteiger partial charge is 0.481 e. The number of ether oxygens (including phenoxy) is 1. The van der Waals surface area contributed by atoms with Crippen LogP contribution in [0.5, 0.6) is 5.75 Å². The van der Waals surface area contributed by atoms with Gasteiger partial charge < -0.3 is 4.74 Å². The highest BCUT2D eigenvalue weighted by Gasteiger charge is 2.14. The molecule has 0 heterocycles. The molecule has 0 radical (unpaired) electrons. The van der Waals surface area contributed by atoms with Crippen LogP contribution in [0.2, 0.25) is 0 Å². The van der Waals surface area contributed by atoms with Crippen LogP contribution >= 0.6 is 15.9 Å². The van der Waals surface area contributed by atoms with E-state index in [-0.39, 0.29) is 5.69 Å². The van der Waals surface area contributed by atoms with E-state index in [4.69, 9.17) is 4.74 Å². The Hall–Kier alpha value is -2.74. The number of carbonyl (C=O) groups excluding carboxylic acids is 1. The van der Waals surface area contributed by atoms with E-state index in [1.54, 1.807) is 37.3 Å². The van der Waals surface area contributed by atoms with E-state index in [1.807, 2.05) is 6.07 Å². The first-order valence-corrected chi connectivity index (χ1v) is 7.74. The Morgan fingerprint density at radius 1 is 1.33 bits per heavy atom. The summed E-state index contributed by atoms with van der Waals surface area (Å²) in [5.41, 5.74) is 2.80. The summed E-state index contributed by atoms with van der Waals surface area (Å²) in [6.45, 7) is 1.60. The molecule has 0 fully saturated rings. The van der Waals surface area contributed by atoms with Gasteiger partial charge in [0.2, 0.25) is 0 Å². The third-order valence-electron chi connectivity index (χ3n) is 2.95. The summed E-state index contributed by atoms with van der Waals surface area (Å²) in [7, 11) is 0. The molecule has 124 valence electrons. The Bertz CT molecular complexity index is 779. The Morgan fingerprint density at radius 3 is 2.79 bits per heavy atom. The molecule has 0 spiro atoms. The molecule has 2 aromatic carbocycles. The first kappa shape index (κ1) is 17.6. The molecule has 0 unspecified atom stereocenters. The zero-order valence-corrected chi connectivity index (χ0v) is 14.3. The van der Waals surface area contributed by atoms with Gasteiger partial charge in [-0.15, -0.1) is 0 Å².